The van der Waals surface area contributed by atoms with Gasteiger partial charge in [0.1, 0.15) is 0 Å². The summed E-state index contributed by atoms with van der Waals surface area (Å²) < 4.78 is 0. The van der Waals surface area contributed by atoms with E-state index in [1.807, 2.05) is 38.0 Å². The van der Waals surface area contributed by atoms with E-state index >= 15 is 0 Å². The monoisotopic (exact) mass is 398 g/mol. The molecule has 0 aliphatic carbocycles. The number of hydrogen-bond acceptors (Lipinski definition) is 6. The van der Waals surface area contributed by atoms with Crippen LogP contribution in [0.3, 0.4) is 0 Å². The van der Waals surface area contributed by atoms with Crippen LogP contribution in [-0.2, 0) is 9.59 Å². The average molecular weight is 398 g/mol. The fourth-order valence-electron chi connectivity index (χ4n) is 3.21. The maximum Gasteiger partial charge on any atom is 0.319 e. The van der Waals surface area contributed by atoms with Gasteiger partial charge in [-0.3, -0.25) is 9.59 Å². The van der Waals surface area contributed by atoms with E-state index in [9.17, 15) is 19.2 Å². The minimum atomic E-state index is -1.95. The maximum absolute atomic E-state index is 12.9. The Kier molecular flexibility index (Phi) is 6.67. The Labute approximate surface area is 164 Å². The lowest BCUT2D eigenvalue weighted by atomic mass is 9.93. The molecule has 0 aromatic rings. The van der Waals surface area contributed by atoms with Gasteiger partial charge >= 0.3 is 12.1 Å². The first kappa shape index (κ1) is 21.7. The number of carbonyl (C=O) groups is 4. The van der Waals surface area contributed by atoms with Crippen LogP contribution in [0.4, 0.5) is 9.59 Å². The molecule has 2 heterocycles. The van der Waals surface area contributed by atoms with E-state index in [4.69, 9.17) is 0 Å². The second-order valence-electron chi connectivity index (χ2n) is 7.48. The van der Waals surface area contributed by atoms with Crippen molar-refractivity contribution in [2.45, 2.75) is 24.2 Å². The molecule has 12 heteroatoms. The minimum absolute atomic E-state index is 0.324. The van der Waals surface area contributed by atoms with Crippen molar-refractivity contribution in [3.05, 3.63) is 0 Å². The summed E-state index contributed by atoms with van der Waals surface area (Å²) >= 11 is 0. The lowest BCUT2D eigenvalue weighted by molar-refractivity contribution is -0.138. The number of rotatable bonds is 10. The summed E-state index contributed by atoms with van der Waals surface area (Å²) in [5.41, 5.74) is -3.91. The molecule has 0 atom stereocenters. The van der Waals surface area contributed by atoms with Crippen LogP contribution in [0, 0.1) is 0 Å². The standard InChI is InChI=1S/C16H30N8O4/c1-23(2)9-5-7-17-11(25)15-16(21-13(27)19-15,22-14(28)20-15)12(26)18-8-6-10-24(3)4/h5-10H2,1-4H3,(H,17,25)(H,18,26)(H2,19,21,27)(H2,20,22,28). The van der Waals surface area contributed by atoms with E-state index in [2.05, 4.69) is 31.9 Å². The predicted molar refractivity (Wildman–Crippen MR) is 101 cm³/mol. The van der Waals surface area contributed by atoms with Gasteiger partial charge < -0.3 is 41.7 Å². The average Bonchev–Trinajstić information content (AvgIpc) is 3.02. The zero-order valence-electron chi connectivity index (χ0n) is 16.8. The number of carbonyl (C=O) groups excluding carboxylic acids is 4. The Morgan fingerprint density at radius 2 is 1.07 bits per heavy atom. The van der Waals surface area contributed by atoms with Gasteiger partial charge in [0.2, 0.25) is 11.3 Å². The van der Waals surface area contributed by atoms with E-state index in [0.717, 1.165) is 13.1 Å². The Morgan fingerprint density at radius 3 is 1.36 bits per heavy atom. The van der Waals surface area contributed by atoms with Crippen molar-refractivity contribution in [2.75, 3.05) is 54.4 Å². The maximum atomic E-state index is 12.9. The SMILES string of the molecule is CN(C)CCCNC(=O)C12NC(=O)NC1(C(=O)NCCCN(C)C)NC(=O)N2. The number of fused-ring (bicyclic) bond motifs is 1. The Hall–Kier alpha value is -2.60. The van der Waals surface area contributed by atoms with Crippen LogP contribution in [0.15, 0.2) is 0 Å². The van der Waals surface area contributed by atoms with E-state index in [1.54, 1.807) is 0 Å². The second-order valence-corrected chi connectivity index (χ2v) is 7.48. The number of nitrogens with zero attached hydrogens (tertiary/aromatic N) is 2. The molecule has 28 heavy (non-hydrogen) atoms. The molecule has 0 unspecified atom stereocenters. The van der Waals surface area contributed by atoms with Gasteiger partial charge in [-0.1, -0.05) is 0 Å². The summed E-state index contributed by atoms with van der Waals surface area (Å²) in [6.07, 6.45) is 1.34. The summed E-state index contributed by atoms with van der Waals surface area (Å²) in [6, 6.07) is -1.47. The molecule has 0 saturated carbocycles. The molecule has 2 saturated heterocycles. The van der Waals surface area contributed by atoms with Crippen molar-refractivity contribution in [2.24, 2.45) is 0 Å². The van der Waals surface area contributed by atoms with Crippen LogP contribution in [0.2, 0.25) is 0 Å². The summed E-state index contributed by atoms with van der Waals surface area (Å²) in [4.78, 5) is 53.8. The first-order valence-corrected chi connectivity index (χ1v) is 9.19. The number of hydrogen-bond donors (Lipinski definition) is 6. The molecular formula is C16H30N8O4. The molecule has 2 rings (SSSR count). The minimum Gasteiger partial charge on any atom is -0.352 e. The van der Waals surface area contributed by atoms with Gasteiger partial charge in [-0.25, -0.2) is 9.59 Å². The van der Waals surface area contributed by atoms with Crippen LogP contribution in [-0.4, -0.2) is 99.4 Å². The van der Waals surface area contributed by atoms with Gasteiger partial charge in [-0.2, -0.15) is 0 Å². The van der Waals surface area contributed by atoms with Gasteiger partial charge in [0.15, 0.2) is 0 Å². The highest BCUT2D eigenvalue weighted by Crippen LogP contribution is 2.28. The molecule has 0 aromatic carbocycles. The van der Waals surface area contributed by atoms with E-state index < -0.39 is 35.2 Å². The molecule has 0 aromatic heterocycles. The van der Waals surface area contributed by atoms with Crippen LogP contribution < -0.4 is 31.9 Å². The third-order valence-corrected chi connectivity index (χ3v) is 4.58. The largest absolute Gasteiger partial charge is 0.352 e. The molecule has 0 bridgehead atoms. The van der Waals surface area contributed by atoms with Gasteiger partial charge in [0.25, 0.3) is 11.8 Å². The first-order chi connectivity index (χ1) is 13.1. The lowest BCUT2D eigenvalue weighted by Crippen LogP contribution is -2.77. The Balaban J connectivity index is 2.12. The number of amides is 6. The van der Waals surface area contributed by atoms with Crippen molar-refractivity contribution in [3.8, 4) is 0 Å². The molecule has 6 amide bonds. The van der Waals surface area contributed by atoms with Gasteiger partial charge in [-0.15, -0.1) is 0 Å². The fourth-order valence-corrected chi connectivity index (χ4v) is 3.21. The van der Waals surface area contributed by atoms with Gasteiger partial charge in [0.05, 0.1) is 0 Å². The molecular weight excluding hydrogens is 368 g/mol. The first-order valence-electron chi connectivity index (χ1n) is 9.19. The molecule has 2 aliphatic heterocycles. The Morgan fingerprint density at radius 1 is 0.750 bits per heavy atom. The van der Waals surface area contributed by atoms with Crippen molar-refractivity contribution < 1.29 is 19.2 Å². The van der Waals surface area contributed by atoms with Crippen molar-refractivity contribution in [1.29, 1.82) is 0 Å². The normalized spacial score (nSPS) is 25.6. The molecule has 2 aliphatic rings. The van der Waals surface area contributed by atoms with Crippen LogP contribution in [0.1, 0.15) is 12.8 Å². The predicted octanol–water partition coefficient (Wildman–Crippen LogP) is -2.86. The second kappa shape index (κ2) is 8.61. The molecule has 12 nitrogen and oxygen atoms in total. The summed E-state index contributed by atoms with van der Waals surface area (Å²) in [7, 11) is 7.64. The molecule has 158 valence electrons. The third kappa shape index (κ3) is 4.28. The topological polar surface area (TPSA) is 147 Å². The lowest BCUT2D eigenvalue weighted by Gasteiger charge is -2.34. The van der Waals surface area contributed by atoms with Crippen molar-refractivity contribution >= 4 is 23.9 Å². The van der Waals surface area contributed by atoms with Gasteiger partial charge in [-0.05, 0) is 54.1 Å². The highest BCUT2D eigenvalue weighted by molar-refractivity contribution is 6.11. The number of urea groups is 2. The molecule has 2 fully saturated rings. The van der Waals surface area contributed by atoms with Crippen LogP contribution in [0.5, 0.6) is 0 Å². The Bertz CT molecular complexity index is 566. The summed E-state index contributed by atoms with van der Waals surface area (Å²) in [6.45, 7) is 2.15. The molecule has 0 radical (unpaired) electrons. The quantitative estimate of drug-likeness (QED) is 0.218. The zero-order chi connectivity index (χ0) is 20.9. The summed E-state index contributed by atoms with van der Waals surface area (Å²) in [5, 5.41) is 15.0. The third-order valence-electron chi connectivity index (χ3n) is 4.58. The van der Waals surface area contributed by atoms with Crippen molar-refractivity contribution in [1.82, 2.24) is 41.7 Å². The van der Waals surface area contributed by atoms with Gasteiger partial charge in [0, 0.05) is 13.1 Å². The molecule has 0 spiro atoms. The zero-order valence-corrected chi connectivity index (χ0v) is 16.8. The van der Waals surface area contributed by atoms with E-state index in [-0.39, 0.29) is 0 Å². The number of nitrogens with one attached hydrogen (secondary N) is 6. The smallest absolute Gasteiger partial charge is 0.319 e. The highest BCUT2D eigenvalue weighted by atomic mass is 16.2. The molecule has 6 N–H and O–H groups in total. The summed E-state index contributed by atoms with van der Waals surface area (Å²) in [5.74, 6) is -1.35. The highest BCUT2D eigenvalue weighted by Gasteiger charge is 2.73. The fraction of sp³-hybridized carbons (Fsp3) is 0.750. The van der Waals surface area contributed by atoms with E-state index in [1.165, 1.54) is 0 Å². The van der Waals surface area contributed by atoms with Crippen molar-refractivity contribution in [3.63, 3.8) is 0 Å². The van der Waals surface area contributed by atoms with Crippen LogP contribution in [0.25, 0.3) is 0 Å². The van der Waals surface area contributed by atoms with Crippen LogP contribution >= 0.6 is 0 Å². The van der Waals surface area contributed by atoms with E-state index in [0.29, 0.717) is 25.9 Å².